The van der Waals surface area contributed by atoms with Crippen molar-refractivity contribution < 1.29 is 9.53 Å². The van der Waals surface area contributed by atoms with E-state index in [1.165, 1.54) is 10.9 Å². The maximum absolute atomic E-state index is 11.7. The molecule has 1 unspecified atom stereocenters. The van der Waals surface area contributed by atoms with E-state index < -0.39 is 0 Å². The number of carbonyl (C=O) groups excluding carboxylic acids is 1. The summed E-state index contributed by atoms with van der Waals surface area (Å²) in [6, 6.07) is 8.33. The molecule has 100 valence electrons. The van der Waals surface area contributed by atoms with Gasteiger partial charge in [-0.25, -0.2) is 0 Å². The maximum Gasteiger partial charge on any atom is 0.307 e. The summed E-state index contributed by atoms with van der Waals surface area (Å²) >= 11 is 0. The molecule has 19 heavy (non-hydrogen) atoms. The van der Waals surface area contributed by atoms with Crippen LogP contribution in [0, 0.1) is 0 Å². The first-order valence-corrected chi connectivity index (χ1v) is 6.78. The summed E-state index contributed by atoms with van der Waals surface area (Å²) in [5.74, 6) is -0.147. The Morgan fingerprint density at radius 3 is 3.11 bits per heavy atom. The van der Waals surface area contributed by atoms with Crippen LogP contribution in [0.15, 0.2) is 24.3 Å². The molecule has 1 atom stereocenters. The number of ether oxygens (including phenoxy) is 1. The SMILES string of the molecule is CCOC(=O)CC1NCCc2c1[nH]c1ccccc21. The zero-order chi connectivity index (χ0) is 13.2. The number of hydrogen-bond donors (Lipinski definition) is 2. The van der Waals surface area contributed by atoms with Gasteiger partial charge in [-0.1, -0.05) is 18.2 Å². The predicted octanol–water partition coefficient (Wildman–Crippen LogP) is 2.31. The lowest BCUT2D eigenvalue weighted by Gasteiger charge is -2.23. The number of para-hydroxylation sites is 1. The quantitative estimate of drug-likeness (QED) is 0.831. The highest BCUT2D eigenvalue weighted by molar-refractivity contribution is 5.85. The first-order chi connectivity index (χ1) is 9.29. The fourth-order valence-corrected chi connectivity index (χ4v) is 2.82. The van der Waals surface area contributed by atoms with Gasteiger partial charge in [0.2, 0.25) is 0 Å². The molecule has 0 radical (unpaired) electrons. The number of nitrogens with one attached hydrogen (secondary N) is 2. The van der Waals surface area contributed by atoms with Crippen molar-refractivity contribution in [2.24, 2.45) is 0 Å². The van der Waals surface area contributed by atoms with Crippen LogP contribution in [0.3, 0.4) is 0 Å². The second-order valence-electron chi connectivity index (χ2n) is 4.83. The van der Waals surface area contributed by atoms with Gasteiger partial charge in [0, 0.05) is 16.6 Å². The number of aromatic nitrogens is 1. The van der Waals surface area contributed by atoms with Gasteiger partial charge in [-0.15, -0.1) is 0 Å². The third-order valence-corrected chi connectivity index (χ3v) is 3.64. The second-order valence-corrected chi connectivity index (χ2v) is 4.83. The van der Waals surface area contributed by atoms with E-state index in [0.29, 0.717) is 13.0 Å². The van der Waals surface area contributed by atoms with Crippen LogP contribution in [-0.2, 0) is 16.0 Å². The average Bonchev–Trinajstić information content (AvgIpc) is 2.79. The van der Waals surface area contributed by atoms with E-state index in [4.69, 9.17) is 4.74 Å². The van der Waals surface area contributed by atoms with E-state index in [-0.39, 0.29) is 12.0 Å². The monoisotopic (exact) mass is 258 g/mol. The van der Waals surface area contributed by atoms with E-state index in [1.54, 1.807) is 0 Å². The van der Waals surface area contributed by atoms with Crippen LogP contribution < -0.4 is 5.32 Å². The molecule has 0 fully saturated rings. The zero-order valence-corrected chi connectivity index (χ0v) is 11.0. The molecule has 4 heteroatoms. The lowest BCUT2D eigenvalue weighted by atomic mass is 9.97. The van der Waals surface area contributed by atoms with E-state index in [1.807, 2.05) is 13.0 Å². The Kier molecular flexibility index (Phi) is 3.25. The minimum atomic E-state index is -0.147. The molecule has 2 N–H and O–H groups in total. The zero-order valence-electron chi connectivity index (χ0n) is 11.0. The Hall–Kier alpha value is -1.81. The van der Waals surface area contributed by atoms with Gasteiger partial charge in [0.1, 0.15) is 0 Å². The fraction of sp³-hybridized carbons (Fsp3) is 0.400. The molecule has 4 nitrogen and oxygen atoms in total. The summed E-state index contributed by atoms with van der Waals surface area (Å²) < 4.78 is 5.04. The number of benzene rings is 1. The fourth-order valence-electron chi connectivity index (χ4n) is 2.82. The molecule has 1 aromatic heterocycles. The van der Waals surface area contributed by atoms with Crippen LogP contribution in [0.1, 0.15) is 30.6 Å². The number of fused-ring (bicyclic) bond motifs is 3. The third-order valence-electron chi connectivity index (χ3n) is 3.64. The van der Waals surface area contributed by atoms with Crippen molar-refractivity contribution in [2.45, 2.75) is 25.8 Å². The molecule has 0 saturated heterocycles. The molecule has 1 aromatic carbocycles. The van der Waals surface area contributed by atoms with E-state index >= 15 is 0 Å². The largest absolute Gasteiger partial charge is 0.466 e. The van der Waals surface area contributed by atoms with Crippen LogP contribution in [0.4, 0.5) is 0 Å². The molecule has 0 saturated carbocycles. The van der Waals surface area contributed by atoms with Crippen molar-refractivity contribution in [3.63, 3.8) is 0 Å². The number of carbonyl (C=O) groups is 1. The number of hydrogen-bond acceptors (Lipinski definition) is 3. The number of esters is 1. The average molecular weight is 258 g/mol. The van der Waals surface area contributed by atoms with E-state index in [2.05, 4.69) is 28.5 Å². The van der Waals surface area contributed by atoms with Gasteiger partial charge in [-0.05, 0) is 31.5 Å². The van der Waals surface area contributed by atoms with E-state index in [9.17, 15) is 4.79 Å². The lowest BCUT2D eigenvalue weighted by molar-refractivity contribution is -0.143. The topological polar surface area (TPSA) is 54.1 Å². The molecule has 1 aliphatic heterocycles. The molecular formula is C15H18N2O2. The van der Waals surface area contributed by atoms with Crippen LogP contribution in [0.2, 0.25) is 0 Å². The van der Waals surface area contributed by atoms with Gasteiger partial charge < -0.3 is 15.0 Å². The van der Waals surface area contributed by atoms with Gasteiger partial charge in [-0.3, -0.25) is 4.79 Å². The Labute approximate surface area is 112 Å². The van der Waals surface area contributed by atoms with Crippen molar-refractivity contribution in [3.8, 4) is 0 Å². The summed E-state index contributed by atoms with van der Waals surface area (Å²) in [7, 11) is 0. The number of rotatable bonds is 3. The Balaban J connectivity index is 1.93. The molecule has 2 heterocycles. The van der Waals surface area contributed by atoms with Crippen LogP contribution in [-0.4, -0.2) is 24.1 Å². The molecule has 0 bridgehead atoms. The normalized spacial score (nSPS) is 18.3. The summed E-state index contributed by atoms with van der Waals surface area (Å²) in [6.07, 6.45) is 1.38. The van der Waals surface area contributed by atoms with Gasteiger partial charge in [-0.2, -0.15) is 0 Å². The van der Waals surface area contributed by atoms with Gasteiger partial charge in [0.15, 0.2) is 0 Å². The van der Waals surface area contributed by atoms with Crippen LogP contribution in [0.25, 0.3) is 10.9 Å². The molecule has 3 rings (SSSR count). The Bertz CT molecular complexity index is 603. The minimum absolute atomic E-state index is 0.0372. The molecule has 0 spiro atoms. The molecule has 0 aliphatic carbocycles. The molecular weight excluding hydrogens is 240 g/mol. The highest BCUT2D eigenvalue weighted by atomic mass is 16.5. The van der Waals surface area contributed by atoms with Gasteiger partial charge in [0.05, 0.1) is 19.1 Å². The molecule has 0 amide bonds. The van der Waals surface area contributed by atoms with Crippen LogP contribution in [0.5, 0.6) is 0 Å². The molecule has 1 aliphatic rings. The van der Waals surface area contributed by atoms with Crippen molar-refractivity contribution in [3.05, 3.63) is 35.5 Å². The first-order valence-electron chi connectivity index (χ1n) is 6.78. The smallest absolute Gasteiger partial charge is 0.307 e. The standard InChI is InChI=1S/C15H18N2O2/c1-2-19-14(18)9-13-15-11(7-8-16-13)10-5-3-4-6-12(10)17-15/h3-6,13,16-17H,2,7-9H2,1H3. The summed E-state index contributed by atoms with van der Waals surface area (Å²) in [5.41, 5.74) is 3.62. The van der Waals surface area contributed by atoms with Crippen molar-refractivity contribution >= 4 is 16.9 Å². The van der Waals surface area contributed by atoms with Crippen molar-refractivity contribution in [1.29, 1.82) is 0 Å². The first kappa shape index (κ1) is 12.2. The third kappa shape index (κ3) is 2.24. The summed E-state index contributed by atoms with van der Waals surface area (Å²) in [4.78, 5) is 15.1. The number of H-pyrrole nitrogens is 1. The predicted molar refractivity (Wildman–Crippen MR) is 74.0 cm³/mol. The van der Waals surface area contributed by atoms with Crippen molar-refractivity contribution in [2.75, 3.05) is 13.2 Å². The summed E-state index contributed by atoms with van der Waals surface area (Å²) in [5, 5.41) is 4.66. The lowest BCUT2D eigenvalue weighted by Crippen LogP contribution is -2.31. The van der Waals surface area contributed by atoms with E-state index in [0.717, 1.165) is 24.2 Å². The van der Waals surface area contributed by atoms with Gasteiger partial charge >= 0.3 is 5.97 Å². The van der Waals surface area contributed by atoms with Crippen LogP contribution >= 0.6 is 0 Å². The highest BCUT2D eigenvalue weighted by Gasteiger charge is 2.25. The van der Waals surface area contributed by atoms with Gasteiger partial charge in [0.25, 0.3) is 0 Å². The van der Waals surface area contributed by atoms with Crippen molar-refractivity contribution in [1.82, 2.24) is 10.3 Å². The number of aromatic amines is 1. The Morgan fingerprint density at radius 2 is 2.26 bits per heavy atom. The minimum Gasteiger partial charge on any atom is -0.466 e. The Morgan fingerprint density at radius 1 is 1.42 bits per heavy atom. The maximum atomic E-state index is 11.7. The molecule has 2 aromatic rings. The highest BCUT2D eigenvalue weighted by Crippen LogP contribution is 2.31. The second kappa shape index (κ2) is 5.05. The summed E-state index contributed by atoms with van der Waals surface area (Å²) in [6.45, 7) is 3.17.